The van der Waals surface area contributed by atoms with Crippen molar-refractivity contribution >= 4 is 0 Å². The zero-order chi connectivity index (χ0) is 13.8. The molecular formula is C14H22FN3O. The Morgan fingerprint density at radius 3 is 3.00 bits per heavy atom. The van der Waals surface area contributed by atoms with Crippen molar-refractivity contribution in [2.24, 2.45) is 11.7 Å². The van der Waals surface area contributed by atoms with Crippen LogP contribution in [0.2, 0.25) is 0 Å². The van der Waals surface area contributed by atoms with Crippen LogP contribution in [0.5, 0.6) is 0 Å². The van der Waals surface area contributed by atoms with Gasteiger partial charge in [-0.3, -0.25) is 9.88 Å². The van der Waals surface area contributed by atoms with Gasteiger partial charge < -0.3 is 10.5 Å². The number of morpholine rings is 1. The van der Waals surface area contributed by atoms with E-state index in [2.05, 4.69) is 23.7 Å². The molecule has 2 rings (SSSR count). The molecule has 3 atom stereocenters. The number of pyridine rings is 1. The van der Waals surface area contributed by atoms with E-state index in [1.54, 1.807) is 6.07 Å². The van der Waals surface area contributed by atoms with E-state index in [1.165, 1.54) is 12.3 Å². The molecule has 4 nitrogen and oxygen atoms in total. The van der Waals surface area contributed by atoms with Crippen LogP contribution in [0.25, 0.3) is 0 Å². The van der Waals surface area contributed by atoms with Crippen LogP contribution in [0.3, 0.4) is 0 Å². The van der Waals surface area contributed by atoms with Gasteiger partial charge in [0, 0.05) is 19.1 Å². The Morgan fingerprint density at radius 1 is 1.58 bits per heavy atom. The maximum atomic E-state index is 12.8. The molecule has 0 aromatic carbocycles. The van der Waals surface area contributed by atoms with Crippen molar-refractivity contribution < 1.29 is 9.13 Å². The second kappa shape index (κ2) is 6.41. The van der Waals surface area contributed by atoms with E-state index in [1.807, 2.05) is 0 Å². The molecule has 1 aliphatic heterocycles. The van der Waals surface area contributed by atoms with E-state index in [0.29, 0.717) is 6.04 Å². The lowest BCUT2D eigenvalue weighted by Gasteiger charge is -2.36. The lowest BCUT2D eigenvalue weighted by molar-refractivity contribution is -0.00778. The number of ether oxygens (including phenoxy) is 1. The third kappa shape index (κ3) is 3.72. The van der Waals surface area contributed by atoms with Gasteiger partial charge in [-0.1, -0.05) is 6.92 Å². The minimum atomic E-state index is -0.328. The molecule has 0 bridgehead atoms. The SMILES string of the molecule is CC(CN1CCOCC1C)C(N)c1ccc(F)cn1. The monoisotopic (exact) mass is 267 g/mol. The van der Waals surface area contributed by atoms with Crippen LogP contribution in [0.1, 0.15) is 25.6 Å². The number of hydrogen-bond acceptors (Lipinski definition) is 4. The topological polar surface area (TPSA) is 51.4 Å². The number of hydrogen-bond donors (Lipinski definition) is 1. The first-order chi connectivity index (χ1) is 9.08. The van der Waals surface area contributed by atoms with Gasteiger partial charge in [-0.15, -0.1) is 0 Å². The van der Waals surface area contributed by atoms with Crippen molar-refractivity contribution in [3.05, 3.63) is 29.8 Å². The number of halogens is 1. The van der Waals surface area contributed by atoms with Crippen molar-refractivity contribution in [1.29, 1.82) is 0 Å². The van der Waals surface area contributed by atoms with Crippen molar-refractivity contribution in [3.63, 3.8) is 0 Å². The predicted molar refractivity (Wildman–Crippen MR) is 72.1 cm³/mol. The second-order valence-electron chi connectivity index (χ2n) is 5.32. The van der Waals surface area contributed by atoms with Gasteiger partial charge in [0.2, 0.25) is 0 Å². The Labute approximate surface area is 113 Å². The number of rotatable bonds is 4. The molecule has 0 radical (unpaired) electrons. The fourth-order valence-corrected chi connectivity index (χ4v) is 2.39. The molecule has 1 aromatic rings. The summed E-state index contributed by atoms with van der Waals surface area (Å²) in [6.07, 6.45) is 1.22. The Balaban J connectivity index is 1.94. The molecule has 1 saturated heterocycles. The molecule has 0 saturated carbocycles. The molecule has 0 aliphatic carbocycles. The highest BCUT2D eigenvalue weighted by Gasteiger charge is 2.24. The average molecular weight is 267 g/mol. The number of nitrogens with two attached hydrogens (primary N) is 1. The zero-order valence-electron chi connectivity index (χ0n) is 11.6. The van der Waals surface area contributed by atoms with E-state index >= 15 is 0 Å². The van der Waals surface area contributed by atoms with E-state index < -0.39 is 0 Å². The lowest BCUT2D eigenvalue weighted by atomic mass is 9.98. The lowest BCUT2D eigenvalue weighted by Crippen LogP contribution is -2.46. The predicted octanol–water partition coefficient (Wildman–Crippen LogP) is 1.58. The van der Waals surface area contributed by atoms with E-state index in [4.69, 9.17) is 10.5 Å². The Morgan fingerprint density at radius 2 is 2.37 bits per heavy atom. The summed E-state index contributed by atoms with van der Waals surface area (Å²) in [7, 11) is 0. The Bertz CT molecular complexity index is 398. The quantitative estimate of drug-likeness (QED) is 0.900. The molecule has 3 unspecified atom stereocenters. The maximum Gasteiger partial charge on any atom is 0.141 e. The molecule has 2 N–H and O–H groups in total. The minimum absolute atomic E-state index is 0.171. The van der Waals surface area contributed by atoms with Crippen LogP contribution < -0.4 is 5.73 Å². The zero-order valence-corrected chi connectivity index (χ0v) is 11.6. The first-order valence-electron chi connectivity index (χ1n) is 6.76. The minimum Gasteiger partial charge on any atom is -0.379 e. The summed E-state index contributed by atoms with van der Waals surface area (Å²) < 4.78 is 18.3. The van der Waals surface area contributed by atoms with Gasteiger partial charge in [0.1, 0.15) is 5.82 Å². The normalized spacial score (nSPS) is 24.1. The van der Waals surface area contributed by atoms with Crippen LogP contribution in [0.4, 0.5) is 4.39 Å². The Kier molecular flexibility index (Phi) is 4.85. The second-order valence-corrected chi connectivity index (χ2v) is 5.32. The van der Waals surface area contributed by atoms with Crippen LogP contribution in [-0.2, 0) is 4.74 Å². The van der Waals surface area contributed by atoms with Crippen LogP contribution >= 0.6 is 0 Å². The summed E-state index contributed by atoms with van der Waals surface area (Å²) in [5.41, 5.74) is 6.95. The van der Waals surface area contributed by atoms with Gasteiger partial charge in [0.15, 0.2) is 0 Å². The third-order valence-electron chi connectivity index (χ3n) is 3.73. The standard InChI is InChI=1S/C14H22FN3O/c1-10(8-18-5-6-19-9-11(18)2)14(16)13-4-3-12(15)7-17-13/h3-4,7,10-11,14H,5-6,8-9,16H2,1-2H3. The maximum absolute atomic E-state index is 12.8. The number of aromatic nitrogens is 1. The van der Waals surface area contributed by atoms with Crippen LogP contribution in [0.15, 0.2) is 18.3 Å². The summed E-state index contributed by atoms with van der Waals surface area (Å²) >= 11 is 0. The molecule has 19 heavy (non-hydrogen) atoms. The first-order valence-corrected chi connectivity index (χ1v) is 6.76. The van der Waals surface area contributed by atoms with Gasteiger partial charge in [-0.05, 0) is 25.0 Å². The molecule has 1 fully saturated rings. The van der Waals surface area contributed by atoms with Gasteiger partial charge in [-0.2, -0.15) is 0 Å². The van der Waals surface area contributed by atoms with Crippen molar-refractivity contribution in [2.45, 2.75) is 25.9 Å². The fourth-order valence-electron chi connectivity index (χ4n) is 2.39. The largest absolute Gasteiger partial charge is 0.379 e. The molecule has 106 valence electrons. The summed E-state index contributed by atoms with van der Waals surface area (Å²) in [6.45, 7) is 7.67. The van der Waals surface area contributed by atoms with E-state index in [9.17, 15) is 4.39 Å². The highest BCUT2D eigenvalue weighted by Crippen LogP contribution is 2.20. The molecule has 1 aromatic heterocycles. The molecule has 5 heteroatoms. The summed E-state index contributed by atoms with van der Waals surface area (Å²) in [5.74, 6) is -0.0658. The van der Waals surface area contributed by atoms with Crippen molar-refractivity contribution in [2.75, 3.05) is 26.3 Å². The highest BCUT2D eigenvalue weighted by molar-refractivity contribution is 5.10. The highest BCUT2D eigenvalue weighted by atomic mass is 19.1. The molecule has 0 spiro atoms. The van der Waals surface area contributed by atoms with Crippen LogP contribution in [-0.4, -0.2) is 42.2 Å². The smallest absolute Gasteiger partial charge is 0.141 e. The van der Waals surface area contributed by atoms with Gasteiger partial charge in [0.05, 0.1) is 31.1 Å². The summed E-state index contributed by atoms with van der Waals surface area (Å²) in [5, 5.41) is 0. The third-order valence-corrected chi connectivity index (χ3v) is 3.73. The Hall–Kier alpha value is -1.04. The van der Waals surface area contributed by atoms with Gasteiger partial charge >= 0.3 is 0 Å². The van der Waals surface area contributed by atoms with E-state index in [-0.39, 0.29) is 17.8 Å². The van der Waals surface area contributed by atoms with Crippen LogP contribution in [0, 0.1) is 11.7 Å². The first kappa shape index (κ1) is 14.4. The van der Waals surface area contributed by atoms with Crippen molar-refractivity contribution in [3.8, 4) is 0 Å². The van der Waals surface area contributed by atoms with Crippen molar-refractivity contribution in [1.82, 2.24) is 9.88 Å². The molecular weight excluding hydrogens is 245 g/mol. The summed E-state index contributed by atoms with van der Waals surface area (Å²) in [4.78, 5) is 6.45. The van der Waals surface area contributed by atoms with Gasteiger partial charge in [-0.25, -0.2) is 4.39 Å². The fraction of sp³-hybridized carbons (Fsp3) is 0.643. The molecule has 2 heterocycles. The average Bonchev–Trinajstić information content (AvgIpc) is 2.41. The number of nitrogens with zero attached hydrogens (tertiary/aromatic N) is 2. The van der Waals surface area contributed by atoms with E-state index in [0.717, 1.165) is 32.0 Å². The van der Waals surface area contributed by atoms with Gasteiger partial charge in [0.25, 0.3) is 0 Å². The summed E-state index contributed by atoms with van der Waals surface area (Å²) in [6, 6.07) is 3.33. The molecule has 1 aliphatic rings. The molecule has 0 amide bonds.